The molecule has 2 aliphatic rings. The number of carbonyl (C=O) groups is 2. The minimum Gasteiger partial charge on any atom is -0.351 e. The molecule has 0 heterocycles. The molecule has 4 nitrogen and oxygen atoms in total. The Morgan fingerprint density at radius 2 is 1.81 bits per heavy atom. The van der Waals surface area contributed by atoms with E-state index in [4.69, 9.17) is 23.2 Å². The summed E-state index contributed by atoms with van der Waals surface area (Å²) in [5, 5.41) is 3.26. The van der Waals surface area contributed by atoms with E-state index >= 15 is 0 Å². The number of hydrogen-bond acceptors (Lipinski definition) is 2. The van der Waals surface area contributed by atoms with Crippen molar-refractivity contribution < 1.29 is 14.0 Å². The van der Waals surface area contributed by atoms with Crippen LogP contribution in [0.4, 0.5) is 4.39 Å². The highest BCUT2D eigenvalue weighted by atomic mass is 35.5. The van der Waals surface area contributed by atoms with Crippen molar-refractivity contribution in [1.82, 2.24) is 10.2 Å². The van der Waals surface area contributed by atoms with E-state index in [-0.39, 0.29) is 34.8 Å². The van der Waals surface area contributed by atoms with Crippen LogP contribution < -0.4 is 5.32 Å². The molecule has 2 saturated carbocycles. The van der Waals surface area contributed by atoms with Gasteiger partial charge in [-0.15, -0.1) is 11.6 Å². The first kappa shape index (κ1) is 20.4. The average Bonchev–Trinajstić information content (AvgIpc) is 3.47. The Morgan fingerprint density at radius 3 is 2.37 bits per heavy atom. The molecule has 1 N–H and O–H groups in total. The molecule has 0 aromatic heterocycles. The number of carbonyl (C=O) groups excluding carboxylic acids is 2. The summed E-state index contributed by atoms with van der Waals surface area (Å²) in [6, 6.07) is 3.12. The fourth-order valence-corrected chi connectivity index (χ4v) is 4.23. The molecule has 2 fully saturated rings. The van der Waals surface area contributed by atoms with Crippen molar-refractivity contribution >= 4 is 35.0 Å². The molecule has 1 aromatic rings. The molecule has 7 heteroatoms. The second kappa shape index (κ2) is 9.24. The number of alkyl halides is 1. The van der Waals surface area contributed by atoms with Gasteiger partial charge in [-0.1, -0.05) is 43.4 Å². The molecule has 0 radical (unpaired) electrons. The molecule has 0 aliphatic heterocycles. The summed E-state index contributed by atoms with van der Waals surface area (Å²) in [5.74, 6) is -1.25. The largest absolute Gasteiger partial charge is 0.351 e. The zero-order valence-electron chi connectivity index (χ0n) is 15.2. The van der Waals surface area contributed by atoms with Gasteiger partial charge in [-0.2, -0.15) is 0 Å². The van der Waals surface area contributed by atoms with Gasteiger partial charge in [0.1, 0.15) is 17.7 Å². The normalized spacial score (nSPS) is 19.2. The molecule has 0 bridgehead atoms. The minimum absolute atomic E-state index is 0.0257. The molecule has 0 saturated heterocycles. The molecular weight excluding hydrogens is 390 g/mol. The van der Waals surface area contributed by atoms with Crippen molar-refractivity contribution in [3.05, 3.63) is 34.6 Å². The minimum atomic E-state index is -0.889. The van der Waals surface area contributed by atoms with Gasteiger partial charge in [-0.05, 0) is 37.8 Å². The van der Waals surface area contributed by atoms with Crippen LogP contribution in [-0.4, -0.2) is 34.7 Å². The van der Waals surface area contributed by atoms with E-state index in [1.54, 1.807) is 0 Å². The third kappa shape index (κ3) is 5.14. The third-order valence-corrected chi connectivity index (χ3v) is 5.88. The average molecular weight is 415 g/mol. The highest BCUT2D eigenvalue weighted by Gasteiger charge is 2.42. The second-order valence-electron chi connectivity index (χ2n) is 7.43. The topological polar surface area (TPSA) is 49.4 Å². The first-order chi connectivity index (χ1) is 13.0. The van der Waals surface area contributed by atoms with Crippen molar-refractivity contribution in [1.29, 1.82) is 0 Å². The van der Waals surface area contributed by atoms with Crippen LogP contribution in [0.25, 0.3) is 0 Å². The lowest BCUT2D eigenvalue weighted by atomic mass is 10.0. The quantitative estimate of drug-likeness (QED) is 0.546. The third-order valence-electron chi connectivity index (χ3n) is 5.33. The van der Waals surface area contributed by atoms with Crippen LogP contribution in [0.1, 0.15) is 63.0 Å². The van der Waals surface area contributed by atoms with Gasteiger partial charge in [0.05, 0.1) is 0 Å². The Kier molecular flexibility index (Phi) is 6.99. The lowest BCUT2D eigenvalue weighted by molar-refractivity contribution is -0.140. The molecule has 27 heavy (non-hydrogen) atoms. The molecule has 1 atom stereocenters. The lowest BCUT2D eigenvalue weighted by Gasteiger charge is -2.33. The van der Waals surface area contributed by atoms with Gasteiger partial charge in [0.25, 0.3) is 0 Å². The van der Waals surface area contributed by atoms with Crippen molar-refractivity contribution in [2.24, 2.45) is 0 Å². The Bertz CT molecular complexity index is 689. The number of nitrogens with zero attached hydrogens (tertiary/aromatic N) is 1. The number of nitrogens with one attached hydrogen (secondary N) is 1. The Morgan fingerprint density at radius 1 is 1.15 bits per heavy atom. The number of hydrogen-bond donors (Lipinski definition) is 1. The zero-order chi connectivity index (χ0) is 19.4. The molecule has 1 aromatic carbocycles. The van der Waals surface area contributed by atoms with Gasteiger partial charge in [0.2, 0.25) is 11.8 Å². The fourth-order valence-electron chi connectivity index (χ4n) is 3.82. The van der Waals surface area contributed by atoms with Crippen LogP contribution in [0.2, 0.25) is 5.02 Å². The van der Waals surface area contributed by atoms with Gasteiger partial charge < -0.3 is 10.2 Å². The van der Waals surface area contributed by atoms with Gasteiger partial charge in [-0.3, -0.25) is 9.59 Å². The van der Waals surface area contributed by atoms with Gasteiger partial charge in [-0.25, -0.2) is 4.39 Å². The molecule has 2 amide bonds. The summed E-state index contributed by atoms with van der Waals surface area (Å²) in [4.78, 5) is 27.3. The second-order valence-corrected chi connectivity index (χ2v) is 8.11. The van der Waals surface area contributed by atoms with E-state index in [1.807, 2.05) is 0 Å². The number of halogens is 3. The van der Waals surface area contributed by atoms with Crippen LogP contribution in [0.15, 0.2) is 18.2 Å². The predicted molar refractivity (Wildman–Crippen MR) is 104 cm³/mol. The molecule has 2 aliphatic carbocycles. The molecular formula is C20H25Cl2FN2O2. The monoisotopic (exact) mass is 414 g/mol. The molecule has 0 spiro atoms. The van der Waals surface area contributed by atoms with Gasteiger partial charge in [0, 0.05) is 22.7 Å². The van der Waals surface area contributed by atoms with E-state index in [0.29, 0.717) is 5.56 Å². The summed E-state index contributed by atoms with van der Waals surface area (Å²) in [5.41, 5.74) is 0.439. The summed E-state index contributed by atoms with van der Waals surface area (Å²) in [6.45, 7) is 0. The van der Waals surface area contributed by atoms with Crippen LogP contribution in [0.5, 0.6) is 0 Å². The van der Waals surface area contributed by atoms with E-state index < -0.39 is 11.9 Å². The summed E-state index contributed by atoms with van der Waals surface area (Å²) >= 11 is 12.1. The maximum atomic E-state index is 13.5. The van der Waals surface area contributed by atoms with E-state index in [9.17, 15) is 14.0 Å². The van der Waals surface area contributed by atoms with Crippen molar-refractivity contribution in [2.45, 2.75) is 69.5 Å². The van der Waals surface area contributed by atoms with Crippen molar-refractivity contribution in [2.75, 3.05) is 5.88 Å². The lowest BCUT2D eigenvalue weighted by Crippen LogP contribution is -2.48. The van der Waals surface area contributed by atoms with Crippen LogP contribution in [0.3, 0.4) is 0 Å². The Hall–Kier alpha value is -1.33. The molecule has 3 rings (SSSR count). The van der Waals surface area contributed by atoms with Crippen molar-refractivity contribution in [3.63, 3.8) is 0 Å². The summed E-state index contributed by atoms with van der Waals surface area (Å²) in [7, 11) is 0. The van der Waals surface area contributed by atoms with Crippen LogP contribution in [-0.2, 0) is 9.59 Å². The van der Waals surface area contributed by atoms with Gasteiger partial charge in [0.15, 0.2) is 0 Å². The number of benzene rings is 1. The van der Waals surface area contributed by atoms with E-state index in [1.165, 1.54) is 35.9 Å². The first-order valence-corrected chi connectivity index (χ1v) is 10.5. The Labute approximate surface area is 169 Å². The Balaban J connectivity index is 1.90. The number of rotatable bonds is 6. The summed E-state index contributed by atoms with van der Waals surface area (Å²) in [6.07, 6.45) is 8.05. The highest BCUT2D eigenvalue weighted by Crippen LogP contribution is 2.37. The van der Waals surface area contributed by atoms with Gasteiger partial charge >= 0.3 is 0 Å². The van der Waals surface area contributed by atoms with Crippen LogP contribution >= 0.6 is 23.2 Å². The fraction of sp³-hybridized carbons (Fsp3) is 0.600. The van der Waals surface area contributed by atoms with E-state index in [0.717, 1.165) is 38.5 Å². The molecule has 148 valence electrons. The van der Waals surface area contributed by atoms with E-state index in [2.05, 4.69) is 5.32 Å². The maximum Gasteiger partial charge on any atom is 0.247 e. The molecule has 0 unspecified atom stereocenters. The SMILES string of the molecule is O=C(NC1CCCCCC1)[C@@H](c1ccc(F)cc1Cl)N(C(=O)CCl)C1CC1. The zero-order valence-corrected chi connectivity index (χ0v) is 16.7. The first-order valence-electron chi connectivity index (χ1n) is 9.63. The predicted octanol–water partition coefficient (Wildman–Crippen LogP) is 4.59. The highest BCUT2D eigenvalue weighted by molar-refractivity contribution is 6.31. The smallest absolute Gasteiger partial charge is 0.247 e. The standard InChI is InChI=1S/C20H25Cl2FN2O2/c21-12-18(26)25(15-8-9-15)19(16-10-7-13(23)11-17(16)22)20(27)24-14-5-3-1-2-4-6-14/h7,10-11,14-15,19H,1-6,8-9,12H2,(H,24,27)/t19-/m1/s1. The maximum absolute atomic E-state index is 13.5. The van der Waals surface area contributed by atoms with Crippen molar-refractivity contribution in [3.8, 4) is 0 Å². The number of amides is 2. The van der Waals surface area contributed by atoms with Crippen LogP contribution in [0, 0.1) is 5.82 Å². The summed E-state index contributed by atoms with van der Waals surface area (Å²) < 4.78 is 13.5.